The summed E-state index contributed by atoms with van der Waals surface area (Å²) in [5, 5.41) is 0.651. The van der Waals surface area contributed by atoms with Gasteiger partial charge in [-0.25, -0.2) is 4.79 Å². The summed E-state index contributed by atoms with van der Waals surface area (Å²) in [5.74, 6) is 0.678. The lowest BCUT2D eigenvalue weighted by molar-refractivity contribution is 0.0529. The van der Waals surface area contributed by atoms with Gasteiger partial charge >= 0.3 is 5.97 Å². The molecule has 6 heteroatoms. The van der Waals surface area contributed by atoms with Gasteiger partial charge in [0.25, 0.3) is 0 Å². The smallest absolute Gasteiger partial charge is 0.342 e. The van der Waals surface area contributed by atoms with E-state index in [0.29, 0.717) is 34.6 Å². The number of furan rings is 1. The van der Waals surface area contributed by atoms with Crippen LogP contribution < -0.4 is 4.74 Å². The average Bonchev–Trinajstić information content (AvgIpc) is 3.12. The summed E-state index contributed by atoms with van der Waals surface area (Å²) in [6.07, 6.45) is 0. The van der Waals surface area contributed by atoms with E-state index >= 15 is 0 Å². The molecule has 1 heterocycles. The molecule has 0 saturated heterocycles. The van der Waals surface area contributed by atoms with E-state index in [1.54, 1.807) is 6.92 Å². The van der Waals surface area contributed by atoms with Crippen LogP contribution in [0.5, 0.6) is 5.75 Å². The van der Waals surface area contributed by atoms with Crippen molar-refractivity contribution in [1.82, 2.24) is 0 Å². The molecule has 0 aliphatic heterocycles. The zero-order valence-corrected chi connectivity index (χ0v) is 19.3. The lowest BCUT2D eigenvalue weighted by Crippen LogP contribution is -2.05. The number of benzene rings is 3. The molecule has 152 valence electrons. The molecule has 0 spiro atoms. The van der Waals surface area contributed by atoms with E-state index in [4.69, 9.17) is 13.9 Å². The van der Waals surface area contributed by atoms with Gasteiger partial charge in [-0.3, -0.25) is 0 Å². The molecule has 0 aliphatic carbocycles. The Morgan fingerprint density at radius 3 is 2.43 bits per heavy atom. The summed E-state index contributed by atoms with van der Waals surface area (Å²) in [7, 11) is 0. The quantitative estimate of drug-likeness (QED) is 0.244. The van der Waals surface area contributed by atoms with Crippen LogP contribution in [-0.4, -0.2) is 12.6 Å². The SMILES string of the molecule is CCOC(=O)c1c(-c2ccccc2)oc2cc(Br)c(OCc3ccccc3Br)cc12. The van der Waals surface area contributed by atoms with Gasteiger partial charge in [0, 0.05) is 21.0 Å². The summed E-state index contributed by atoms with van der Waals surface area (Å²) in [5.41, 5.74) is 2.81. The van der Waals surface area contributed by atoms with Crippen LogP contribution in [0.15, 0.2) is 80.1 Å². The van der Waals surface area contributed by atoms with Crippen LogP contribution >= 0.6 is 31.9 Å². The van der Waals surface area contributed by atoms with Crippen LogP contribution in [0.1, 0.15) is 22.8 Å². The van der Waals surface area contributed by atoms with E-state index in [-0.39, 0.29) is 6.61 Å². The highest BCUT2D eigenvalue weighted by Gasteiger charge is 2.24. The normalized spacial score (nSPS) is 10.9. The molecule has 4 aromatic rings. The summed E-state index contributed by atoms with van der Waals surface area (Å²) >= 11 is 7.09. The Hall–Kier alpha value is -2.57. The molecule has 0 N–H and O–H groups in total. The van der Waals surface area contributed by atoms with Crippen molar-refractivity contribution in [2.45, 2.75) is 13.5 Å². The third-order valence-electron chi connectivity index (χ3n) is 4.60. The maximum absolute atomic E-state index is 12.8. The van der Waals surface area contributed by atoms with Crippen molar-refractivity contribution in [2.24, 2.45) is 0 Å². The minimum absolute atomic E-state index is 0.279. The van der Waals surface area contributed by atoms with Gasteiger partial charge in [-0.2, -0.15) is 0 Å². The Morgan fingerprint density at radius 1 is 0.967 bits per heavy atom. The number of fused-ring (bicyclic) bond motifs is 1. The number of carbonyl (C=O) groups is 1. The van der Waals surface area contributed by atoms with Crippen LogP contribution in [-0.2, 0) is 11.3 Å². The van der Waals surface area contributed by atoms with Gasteiger partial charge in [0.1, 0.15) is 29.3 Å². The van der Waals surface area contributed by atoms with Crippen molar-refractivity contribution in [2.75, 3.05) is 6.61 Å². The Labute approximate surface area is 191 Å². The molecule has 0 fully saturated rings. The molecule has 0 radical (unpaired) electrons. The van der Waals surface area contributed by atoms with Crippen LogP contribution in [0.2, 0.25) is 0 Å². The van der Waals surface area contributed by atoms with E-state index in [9.17, 15) is 4.79 Å². The number of halogens is 2. The second kappa shape index (κ2) is 9.06. The number of ether oxygens (including phenoxy) is 2. The fourth-order valence-corrected chi connectivity index (χ4v) is 4.01. The zero-order valence-electron chi connectivity index (χ0n) is 16.2. The monoisotopic (exact) mass is 528 g/mol. The van der Waals surface area contributed by atoms with Crippen molar-refractivity contribution in [1.29, 1.82) is 0 Å². The first-order valence-electron chi connectivity index (χ1n) is 9.43. The first kappa shape index (κ1) is 20.7. The summed E-state index contributed by atoms with van der Waals surface area (Å²) in [6, 6.07) is 21.0. The Balaban J connectivity index is 1.79. The predicted octanol–water partition coefficient (Wildman–Crippen LogP) is 7.38. The zero-order chi connectivity index (χ0) is 21.1. The van der Waals surface area contributed by atoms with Gasteiger partial charge in [-0.05, 0) is 41.1 Å². The highest BCUT2D eigenvalue weighted by atomic mass is 79.9. The summed E-state index contributed by atoms with van der Waals surface area (Å²) < 4.78 is 19.2. The van der Waals surface area contributed by atoms with Crippen molar-refractivity contribution in [3.63, 3.8) is 0 Å². The maximum atomic E-state index is 12.8. The van der Waals surface area contributed by atoms with Crippen LogP contribution in [0.4, 0.5) is 0 Å². The minimum Gasteiger partial charge on any atom is -0.488 e. The van der Waals surface area contributed by atoms with Gasteiger partial charge in [-0.1, -0.05) is 64.5 Å². The molecule has 0 atom stereocenters. The second-order valence-corrected chi connectivity index (χ2v) is 8.26. The van der Waals surface area contributed by atoms with E-state index < -0.39 is 5.97 Å². The second-order valence-electron chi connectivity index (χ2n) is 6.55. The molecular formula is C24H18Br2O4. The molecule has 4 rings (SSSR count). The number of rotatable bonds is 6. The molecule has 30 heavy (non-hydrogen) atoms. The van der Waals surface area contributed by atoms with E-state index in [2.05, 4.69) is 31.9 Å². The third kappa shape index (κ3) is 4.16. The Morgan fingerprint density at radius 2 is 1.70 bits per heavy atom. The van der Waals surface area contributed by atoms with Gasteiger partial charge < -0.3 is 13.9 Å². The summed E-state index contributed by atoms with van der Waals surface area (Å²) in [6.45, 7) is 2.44. The van der Waals surface area contributed by atoms with Gasteiger partial charge in [0.2, 0.25) is 0 Å². The van der Waals surface area contributed by atoms with Crippen LogP contribution in [0.25, 0.3) is 22.3 Å². The summed E-state index contributed by atoms with van der Waals surface area (Å²) in [4.78, 5) is 12.8. The average molecular weight is 530 g/mol. The van der Waals surface area contributed by atoms with Crippen LogP contribution in [0, 0.1) is 0 Å². The first-order chi connectivity index (χ1) is 14.6. The number of hydrogen-bond donors (Lipinski definition) is 0. The van der Waals surface area contributed by atoms with Crippen molar-refractivity contribution < 1.29 is 18.7 Å². The Kier molecular flexibility index (Phi) is 6.25. The topological polar surface area (TPSA) is 48.7 Å². The Bertz CT molecular complexity index is 1200. The maximum Gasteiger partial charge on any atom is 0.342 e. The lowest BCUT2D eigenvalue weighted by atomic mass is 10.1. The van der Waals surface area contributed by atoms with Crippen molar-refractivity contribution in [3.8, 4) is 17.1 Å². The number of hydrogen-bond acceptors (Lipinski definition) is 4. The molecular weight excluding hydrogens is 512 g/mol. The van der Waals surface area contributed by atoms with Crippen LogP contribution in [0.3, 0.4) is 0 Å². The lowest BCUT2D eigenvalue weighted by Gasteiger charge is -2.10. The molecule has 4 nitrogen and oxygen atoms in total. The molecule has 0 aliphatic rings. The van der Waals surface area contributed by atoms with Gasteiger partial charge in [0.15, 0.2) is 0 Å². The fraction of sp³-hybridized carbons (Fsp3) is 0.125. The van der Waals surface area contributed by atoms with Gasteiger partial charge in [-0.15, -0.1) is 0 Å². The molecule has 0 saturated carbocycles. The molecule has 0 unspecified atom stereocenters. The van der Waals surface area contributed by atoms with Gasteiger partial charge in [0.05, 0.1) is 11.1 Å². The van der Waals surface area contributed by atoms with E-state index in [0.717, 1.165) is 20.1 Å². The molecule has 0 bridgehead atoms. The number of carbonyl (C=O) groups excluding carboxylic acids is 1. The molecule has 0 amide bonds. The highest BCUT2D eigenvalue weighted by molar-refractivity contribution is 9.10. The first-order valence-corrected chi connectivity index (χ1v) is 11.0. The highest BCUT2D eigenvalue weighted by Crippen LogP contribution is 2.39. The number of esters is 1. The fourth-order valence-electron chi connectivity index (χ4n) is 3.18. The standard InChI is InChI=1S/C24H18Br2O4/c1-2-28-24(27)22-17-12-21(29-14-16-10-6-7-11-18(16)25)19(26)13-20(17)30-23(22)15-8-4-3-5-9-15/h3-13H,2,14H2,1H3. The molecule has 1 aromatic heterocycles. The van der Waals surface area contributed by atoms with E-state index in [1.807, 2.05) is 66.7 Å². The van der Waals surface area contributed by atoms with Crippen molar-refractivity contribution >= 4 is 48.8 Å². The predicted molar refractivity (Wildman–Crippen MR) is 124 cm³/mol. The van der Waals surface area contributed by atoms with E-state index in [1.165, 1.54) is 0 Å². The largest absolute Gasteiger partial charge is 0.488 e. The third-order valence-corrected chi connectivity index (χ3v) is 5.99. The molecule has 3 aromatic carbocycles. The minimum atomic E-state index is -0.422. The van der Waals surface area contributed by atoms with Crippen molar-refractivity contribution in [3.05, 3.63) is 86.8 Å².